The molecular weight excluding hydrogens is 370 g/mol. The molecule has 30 heavy (non-hydrogen) atoms. The van der Waals surface area contributed by atoms with Crippen molar-refractivity contribution in [1.29, 1.82) is 0 Å². The number of aliphatic hydroxyl groups excluding tert-OH is 1. The van der Waals surface area contributed by atoms with Gasteiger partial charge < -0.3 is 5.11 Å². The molecule has 0 aliphatic carbocycles. The van der Waals surface area contributed by atoms with Crippen molar-refractivity contribution >= 4 is 0 Å². The van der Waals surface area contributed by atoms with Gasteiger partial charge in [-0.3, -0.25) is 14.8 Å². The standard InChI is InChI=1S/C26H33N3O/c1-2-3-4-8-21-10-12-23(13-11-21)26-24-19-28(18-22-9-7-14-27-17-22)15-5-6-16-29(24)25(26)20-30/h7,9-14,17,24-26,30H,2-3,5-6,15-16,18-20H2,1H3/t24-,25-,26+/m0/s1. The van der Waals surface area contributed by atoms with E-state index in [1.807, 2.05) is 18.5 Å². The molecule has 4 nitrogen and oxygen atoms in total. The summed E-state index contributed by atoms with van der Waals surface area (Å²) >= 11 is 0. The van der Waals surface area contributed by atoms with E-state index in [0.717, 1.165) is 44.6 Å². The second-order valence-electron chi connectivity index (χ2n) is 8.56. The van der Waals surface area contributed by atoms with Gasteiger partial charge in [0, 0.05) is 55.5 Å². The summed E-state index contributed by atoms with van der Waals surface area (Å²) in [6.07, 6.45) is 8.25. The first-order valence-electron chi connectivity index (χ1n) is 11.4. The van der Waals surface area contributed by atoms with E-state index >= 15 is 0 Å². The average Bonchev–Trinajstić information content (AvgIpc) is 2.76. The predicted octanol–water partition coefficient (Wildman–Crippen LogP) is 3.66. The van der Waals surface area contributed by atoms with Crippen molar-refractivity contribution in [2.45, 2.75) is 57.2 Å². The van der Waals surface area contributed by atoms with Crippen molar-refractivity contribution in [1.82, 2.24) is 14.8 Å². The van der Waals surface area contributed by atoms with Crippen molar-refractivity contribution < 1.29 is 5.11 Å². The molecule has 158 valence electrons. The van der Waals surface area contributed by atoms with E-state index in [2.05, 4.69) is 63.9 Å². The molecule has 2 aliphatic heterocycles. The number of rotatable bonds is 5. The maximum Gasteiger partial charge on any atom is 0.0593 e. The monoisotopic (exact) mass is 403 g/mol. The number of aliphatic hydroxyl groups is 1. The second kappa shape index (κ2) is 10.2. The fourth-order valence-electron chi connectivity index (χ4n) is 4.98. The molecule has 0 radical (unpaired) electrons. The summed E-state index contributed by atoms with van der Waals surface area (Å²) in [6, 6.07) is 13.6. The summed E-state index contributed by atoms with van der Waals surface area (Å²) in [5.74, 6) is 6.86. The predicted molar refractivity (Wildman–Crippen MR) is 121 cm³/mol. The highest BCUT2D eigenvalue weighted by atomic mass is 16.3. The third-order valence-corrected chi connectivity index (χ3v) is 6.49. The molecule has 1 N–H and O–H groups in total. The molecular formula is C26H33N3O. The highest BCUT2D eigenvalue weighted by Gasteiger charge is 2.48. The number of hydrogen-bond acceptors (Lipinski definition) is 4. The molecule has 0 spiro atoms. The molecule has 1 aromatic heterocycles. The Morgan fingerprint density at radius 3 is 2.70 bits per heavy atom. The van der Waals surface area contributed by atoms with E-state index in [1.54, 1.807) is 0 Å². The smallest absolute Gasteiger partial charge is 0.0593 e. The summed E-state index contributed by atoms with van der Waals surface area (Å²) in [5, 5.41) is 10.1. The van der Waals surface area contributed by atoms with Gasteiger partial charge in [0.25, 0.3) is 0 Å². The number of hydrogen-bond donors (Lipinski definition) is 1. The van der Waals surface area contributed by atoms with E-state index < -0.39 is 0 Å². The van der Waals surface area contributed by atoms with Crippen LogP contribution < -0.4 is 0 Å². The first-order valence-corrected chi connectivity index (χ1v) is 11.4. The fraction of sp³-hybridized carbons (Fsp3) is 0.500. The van der Waals surface area contributed by atoms with Crippen LogP contribution in [0.1, 0.15) is 55.2 Å². The normalized spacial score (nSPS) is 24.7. The lowest BCUT2D eigenvalue weighted by molar-refractivity contribution is -0.0655. The highest BCUT2D eigenvalue weighted by molar-refractivity contribution is 5.39. The fourth-order valence-corrected chi connectivity index (χ4v) is 4.98. The van der Waals surface area contributed by atoms with E-state index in [9.17, 15) is 5.11 Å². The lowest BCUT2D eigenvalue weighted by Crippen LogP contribution is -2.67. The van der Waals surface area contributed by atoms with Gasteiger partial charge in [0.15, 0.2) is 0 Å². The van der Waals surface area contributed by atoms with Gasteiger partial charge in [0.1, 0.15) is 0 Å². The zero-order chi connectivity index (χ0) is 20.8. The van der Waals surface area contributed by atoms with Crippen LogP contribution in [0.5, 0.6) is 0 Å². The Bertz CT molecular complexity index is 855. The summed E-state index contributed by atoms with van der Waals surface area (Å²) < 4.78 is 0. The van der Waals surface area contributed by atoms with Gasteiger partial charge >= 0.3 is 0 Å². The molecule has 0 unspecified atom stereocenters. The van der Waals surface area contributed by atoms with Crippen LogP contribution >= 0.6 is 0 Å². The number of pyridine rings is 1. The van der Waals surface area contributed by atoms with E-state index in [-0.39, 0.29) is 12.6 Å². The molecule has 2 aromatic rings. The molecule has 1 aromatic carbocycles. The second-order valence-corrected chi connectivity index (χ2v) is 8.56. The molecule has 2 saturated heterocycles. The Morgan fingerprint density at radius 1 is 1.13 bits per heavy atom. The zero-order valence-electron chi connectivity index (χ0n) is 18.0. The highest BCUT2D eigenvalue weighted by Crippen LogP contribution is 2.42. The van der Waals surface area contributed by atoms with Crippen LogP contribution in [0.3, 0.4) is 0 Å². The number of benzene rings is 1. The summed E-state index contributed by atoms with van der Waals surface area (Å²) in [4.78, 5) is 9.39. The Morgan fingerprint density at radius 2 is 1.97 bits per heavy atom. The molecule has 4 heteroatoms. The van der Waals surface area contributed by atoms with Crippen molar-refractivity contribution in [2.75, 3.05) is 26.2 Å². The molecule has 4 rings (SSSR count). The molecule has 2 aliphatic rings. The summed E-state index contributed by atoms with van der Waals surface area (Å²) in [6.45, 7) is 6.58. The molecule has 0 saturated carbocycles. The van der Waals surface area contributed by atoms with Crippen LogP contribution in [0.4, 0.5) is 0 Å². The first kappa shape index (κ1) is 21.1. The SMILES string of the molecule is CCCC#Cc1ccc([C@H]2[C@H](CO)N3CCCCN(Cc4cccnc4)C[C@@H]23)cc1. The Hall–Kier alpha value is -2.19. The van der Waals surface area contributed by atoms with Crippen LogP contribution in [-0.2, 0) is 6.54 Å². The maximum atomic E-state index is 10.1. The maximum absolute atomic E-state index is 10.1. The Balaban J connectivity index is 1.50. The Kier molecular flexibility index (Phi) is 7.17. The van der Waals surface area contributed by atoms with Gasteiger partial charge in [0.2, 0.25) is 0 Å². The largest absolute Gasteiger partial charge is 0.395 e. The minimum absolute atomic E-state index is 0.224. The van der Waals surface area contributed by atoms with E-state index in [0.29, 0.717) is 12.0 Å². The van der Waals surface area contributed by atoms with Crippen molar-refractivity contribution in [3.8, 4) is 11.8 Å². The molecule has 0 amide bonds. The topological polar surface area (TPSA) is 39.6 Å². The molecule has 0 bridgehead atoms. The lowest BCUT2D eigenvalue weighted by atomic mass is 9.74. The minimum atomic E-state index is 0.224. The minimum Gasteiger partial charge on any atom is -0.395 e. The van der Waals surface area contributed by atoms with Gasteiger partial charge in [-0.05, 0) is 61.7 Å². The van der Waals surface area contributed by atoms with Gasteiger partial charge in [-0.25, -0.2) is 0 Å². The van der Waals surface area contributed by atoms with Crippen molar-refractivity contribution in [3.05, 3.63) is 65.5 Å². The first-order chi connectivity index (χ1) is 14.8. The number of aromatic nitrogens is 1. The molecule has 2 fully saturated rings. The van der Waals surface area contributed by atoms with Gasteiger partial charge in [-0.15, -0.1) is 0 Å². The van der Waals surface area contributed by atoms with Gasteiger partial charge in [-0.2, -0.15) is 0 Å². The Labute approximate surface area is 180 Å². The van der Waals surface area contributed by atoms with Crippen LogP contribution in [0.2, 0.25) is 0 Å². The van der Waals surface area contributed by atoms with Crippen molar-refractivity contribution in [2.24, 2.45) is 0 Å². The van der Waals surface area contributed by atoms with Gasteiger partial charge in [-0.1, -0.05) is 37.0 Å². The third kappa shape index (κ3) is 4.75. The van der Waals surface area contributed by atoms with Crippen LogP contribution in [-0.4, -0.2) is 58.2 Å². The molecule has 3 atom stereocenters. The number of unbranched alkanes of at least 4 members (excludes halogenated alkanes) is 1. The van der Waals surface area contributed by atoms with Crippen LogP contribution in [0.15, 0.2) is 48.8 Å². The zero-order valence-corrected chi connectivity index (χ0v) is 18.0. The van der Waals surface area contributed by atoms with E-state index in [4.69, 9.17) is 0 Å². The third-order valence-electron chi connectivity index (χ3n) is 6.49. The van der Waals surface area contributed by atoms with Crippen LogP contribution in [0, 0.1) is 11.8 Å². The van der Waals surface area contributed by atoms with Gasteiger partial charge in [0.05, 0.1) is 6.61 Å². The number of nitrogens with zero attached hydrogens (tertiary/aromatic N) is 3. The average molecular weight is 404 g/mol. The summed E-state index contributed by atoms with van der Waals surface area (Å²) in [5.41, 5.74) is 3.69. The van der Waals surface area contributed by atoms with Crippen molar-refractivity contribution in [3.63, 3.8) is 0 Å². The number of fused-ring (bicyclic) bond motifs is 1. The molecule has 3 heterocycles. The van der Waals surface area contributed by atoms with E-state index in [1.165, 1.54) is 24.0 Å². The lowest BCUT2D eigenvalue weighted by Gasteiger charge is -2.57. The quantitative estimate of drug-likeness (QED) is 0.774. The van der Waals surface area contributed by atoms with Crippen LogP contribution in [0.25, 0.3) is 0 Å². The summed E-state index contributed by atoms with van der Waals surface area (Å²) in [7, 11) is 0.